The normalized spacial score (nSPS) is 16.4. The number of nitrogens with zero attached hydrogens (tertiary/aromatic N) is 1. The number of cyclic esters (lactones) is 1. The van der Waals surface area contributed by atoms with Gasteiger partial charge in [0.25, 0.3) is 0 Å². The van der Waals surface area contributed by atoms with Crippen molar-refractivity contribution >= 4 is 12.0 Å². The number of hydrogen-bond acceptors (Lipinski definition) is 4. The summed E-state index contributed by atoms with van der Waals surface area (Å²) in [7, 11) is 0. The van der Waals surface area contributed by atoms with E-state index in [1.165, 1.54) is 4.90 Å². The van der Waals surface area contributed by atoms with Gasteiger partial charge < -0.3 is 9.15 Å². The number of rotatable bonds is 5. The van der Waals surface area contributed by atoms with E-state index in [9.17, 15) is 9.59 Å². The summed E-state index contributed by atoms with van der Waals surface area (Å²) in [5.74, 6) is 0.488. The summed E-state index contributed by atoms with van der Waals surface area (Å²) in [6, 6.07) is 20.8. The predicted molar refractivity (Wildman–Crippen MR) is 100.0 cm³/mol. The molecule has 2 amide bonds. The molecule has 5 nitrogen and oxygen atoms in total. The molecule has 1 aliphatic rings. The highest BCUT2D eigenvalue weighted by molar-refractivity contribution is 5.94. The van der Waals surface area contributed by atoms with E-state index in [2.05, 4.69) is 0 Å². The molecule has 0 spiro atoms. The molecule has 1 fully saturated rings. The average molecular weight is 361 g/mol. The van der Waals surface area contributed by atoms with E-state index in [0.717, 1.165) is 22.5 Å². The molecule has 1 atom stereocenters. The largest absolute Gasteiger partial charge is 0.464 e. The van der Waals surface area contributed by atoms with Crippen molar-refractivity contribution < 1.29 is 18.7 Å². The third kappa shape index (κ3) is 3.77. The molecule has 0 unspecified atom stereocenters. The third-order valence-corrected chi connectivity index (χ3v) is 4.63. The minimum Gasteiger partial charge on any atom is -0.464 e. The first-order chi connectivity index (χ1) is 13.2. The van der Waals surface area contributed by atoms with Crippen LogP contribution in [0.25, 0.3) is 11.3 Å². The number of ether oxygens (including phenoxy) is 1. The van der Waals surface area contributed by atoms with Crippen LogP contribution in [0.4, 0.5) is 4.79 Å². The summed E-state index contributed by atoms with van der Waals surface area (Å²) in [6.45, 7) is 0.228. The van der Waals surface area contributed by atoms with Crippen LogP contribution in [0.3, 0.4) is 0 Å². The predicted octanol–water partition coefficient (Wildman–Crippen LogP) is 4.08. The lowest BCUT2D eigenvalue weighted by molar-refractivity contribution is -0.128. The maximum absolute atomic E-state index is 12.8. The highest BCUT2D eigenvalue weighted by Crippen LogP contribution is 2.23. The standard InChI is InChI=1S/C22H19NO4/c24-21(14-17-8-4-9-18(12-17)20-10-5-11-26-20)23-19(15-27-22(23)25)13-16-6-2-1-3-7-16/h1-12,19H,13-15H2/t19-/m0/s1. The van der Waals surface area contributed by atoms with Crippen molar-refractivity contribution in [1.29, 1.82) is 0 Å². The quantitative estimate of drug-likeness (QED) is 0.687. The molecule has 1 aromatic heterocycles. The zero-order chi connectivity index (χ0) is 18.6. The number of hydrogen-bond donors (Lipinski definition) is 0. The first kappa shape index (κ1) is 17.1. The first-order valence-electron chi connectivity index (χ1n) is 8.86. The molecule has 0 aliphatic carbocycles. The fourth-order valence-electron chi connectivity index (χ4n) is 3.34. The lowest BCUT2D eigenvalue weighted by Crippen LogP contribution is -2.41. The van der Waals surface area contributed by atoms with Gasteiger partial charge in [-0.25, -0.2) is 9.69 Å². The van der Waals surface area contributed by atoms with E-state index in [4.69, 9.17) is 9.15 Å². The van der Waals surface area contributed by atoms with Crippen molar-refractivity contribution in [3.05, 3.63) is 84.1 Å². The fourth-order valence-corrected chi connectivity index (χ4v) is 3.34. The van der Waals surface area contributed by atoms with Crippen LogP contribution < -0.4 is 0 Å². The second-order valence-corrected chi connectivity index (χ2v) is 6.54. The molecule has 0 bridgehead atoms. The van der Waals surface area contributed by atoms with Crippen LogP contribution in [0.1, 0.15) is 11.1 Å². The van der Waals surface area contributed by atoms with Gasteiger partial charge in [0.1, 0.15) is 12.4 Å². The summed E-state index contributed by atoms with van der Waals surface area (Å²) >= 11 is 0. The molecule has 2 aromatic carbocycles. The maximum atomic E-state index is 12.8. The van der Waals surface area contributed by atoms with Crippen molar-refractivity contribution in [2.24, 2.45) is 0 Å². The Hall–Kier alpha value is -3.34. The zero-order valence-corrected chi connectivity index (χ0v) is 14.7. The van der Waals surface area contributed by atoms with Gasteiger partial charge in [0, 0.05) is 5.56 Å². The van der Waals surface area contributed by atoms with Crippen LogP contribution in [-0.2, 0) is 22.4 Å². The van der Waals surface area contributed by atoms with E-state index in [1.54, 1.807) is 6.26 Å². The van der Waals surface area contributed by atoms with E-state index < -0.39 is 6.09 Å². The highest BCUT2D eigenvalue weighted by atomic mass is 16.6. The Balaban J connectivity index is 1.49. The van der Waals surface area contributed by atoms with Crippen molar-refractivity contribution in [1.82, 2.24) is 4.90 Å². The Bertz CT molecular complexity index is 934. The van der Waals surface area contributed by atoms with Crippen molar-refractivity contribution in [2.45, 2.75) is 18.9 Å². The summed E-state index contributed by atoms with van der Waals surface area (Å²) < 4.78 is 10.6. The van der Waals surface area contributed by atoms with E-state index >= 15 is 0 Å². The molecule has 0 saturated carbocycles. The van der Waals surface area contributed by atoms with E-state index in [-0.39, 0.29) is 25.0 Å². The summed E-state index contributed by atoms with van der Waals surface area (Å²) in [6.07, 6.45) is 1.77. The zero-order valence-electron chi connectivity index (χ0n) is 14.7. The lowest BCUT2D eigenvalue weighted by atomic mass is 10.0. The Morgan fingerprint density at radius 2 is 1.81 bits per heavy atom. The molecule has 4 rings (SSSR count). The number of amides is 2. The topological polar surface area (TPSA) is 59.8 Å². The summed E-state index contributed by atoms with van der Waals surface area (Å²) in [5.41, 5.74) is 2.79. The van der Waals surface area contributed by atoms with Crippen LogP contribution in [0, 0.1) is 0 Å². The van der Waals surface area contributed by atoms with Gasteiger partial charge in [-0.2, -0.15) is 0 Å². The van der Waals surface area contributed by atoms with Crippen LogP contribution >= 0.6 is 0 Å². The minimum absolute atomic E-state index is 0.134. The van der Waals surface area contributed by atoms with Gasteiger partial charge >= 0.3 is 6.09 Å². The monoisotopic (exact) mass is 361 g/mol. The van der Waals surface area contributed by atoms with Gasteiger partial charge in [-0.05, 0) is 35.7 Å². The number of imide groups is 1. The smallest absolute Gasteiger partial charge is 0.416 e. The molecular weight excluding hydrogens is 342 g/mol. The van der Waals surface area contributed by atoms with E-state index in [1.807, 2.05) is 66.7 Å². The van der Waals surface area contributed by atoms with Crippen LogP contribution in [0.2, 0.25) is 0 Å². The molecule has 136 valence electrons. The molecule has 1 saturated heterocycles. The number of carbonyl (C=O) groups is 2. The number of furan rings is 1. The van der Waals surface area contributed by atoms with Gasteiger partial charge in [-0.15, -0.1) is 0 Å². The third-order valence-electron chi connectivity index (χ3n) is 4.63. The summed E-state index contributed by atoms with van der Waals surface area (Å²) in [5, 5.41) is 0. The second-order valence-electron chi connectivity index (χ2n) is 6.54. The lowest BCUT2D eigenvalue weighted by Gasteiger charge is -2.19. The number of benzene rings is 2. The number of carbonyl (C=O) groups excluding carboxylic acids is 2. The molecule has 3 aromatic rings. The summed E-state index contributed by atoms with van der Waals surface area (Å²) in [4.78, 5) is 26.2. The van der Waals surface area contributed by atoms with Crippen molar-refractivity contribution in [3.8, 4) is 11.3 Å². The molecule has 5 heteroatoms. The molecule has 0 radical (unpaired) electrons. The van der Waals surface area contributed by atoms with Crippen LogP contribution in [0.5, 0.6) is 0 Å². The maximum Gasteiger partial charge on any atom is 0.416 e. The Kier molecular flexibility index (Phi) is 4.75. The average Bonchev–Trinajstić information content (AvgIpc) is 3.33. The first-order valence-corrected chi connectivity index (χ1v) is 8.86. The minimum atomic E-state index is -0.567. The van der Waals surface area contributed by atoms with Gasteiger partial charge in [-0.1, -0.05) is 48.5 Å². The van der Waals surface area contributed by atoms with Crippen LogP contribution in [-0.4, -0.2) is 29.5 Å². The fraction of sp³-hybridized carbons (Fsp3) is 0.182. The van der Waals surface area contributed by atoms with Crippen LogP contribution in [0.15, 0.2) is 77.4 Å². The molecule has 1 aliphatic heterocycles. The Morgan fingerprint density at radius 3 is 2.59 bits per heavy atom. The molecule has 2 heterocycles. The van der Waals surface area contributed by atoms with Gasteiger partial charge in [-0.3, -0.25) is 4.79 Å². The van der Waals surface area contributed by atoms with E-state index in [0.29, 0.717) is 6.42 Å². The molecule has 27 heavy (non-hydrogen) atoms. The van der Waals surface area contributed by atoms with Gasteiger partial charge in [0.2, 0.25) is 5.91 Å². The highest BCUT2D eigenvalue weighted by Gasteiger charge is 2.37. The van der Waals surface area contributed by atoms with Crippen molar-refractivity contribution in [2.75, 3.05) is 6.61 Å². The molecular formula is C22H19NO4. The molecule has 0 N–H and O–H groups in total. The second kappa shape index (κ2) is 7.50. The van der Waals surface area contributed by atoms with Gasteiger partial charge in [0.15, 0.2) is 0 Å². The SMILES string of the molecule is O=C(Cc1cccc(-c2ccco2)c1)N1C(=O)OC[C@@H]1Cc1ccccc1. The van der Waals surface area contributed by atoms with Crippen molar-refractivity contribution in [3.63, 3.8) is 0 Å². The van der Waals surface area contributed by atoms with Gasteiger partial charge in [0.05, 0.1) is 18.7 Å². The Morgan fingerprint density at radius 1 is 1.00 bits per heavy atom. The Labute approximate surface area is 157 Å².